The number of phenols is 1. The Labute approximate surface area is 139 Å². The molecule has 128 valence electrons. The number of amides is 2. The molecule has 24 heavy (non-hydrogen) atoms. The number of aromatic hydroxyl groups is 1. The second-order valence-corrected chi connectivity index (χ2v) is 5.55. The first-order chi connectivity index (χ1) is 11.5. The van der Waals surface area contributed by atoms with E-state index in [-0.39, 0.29) is 13.2 Å². The van der Waals surface area contributed by atoms with E-state index in [1.165, 1.54) is 24.3 Å². The number of halogens is 2. The SMILES string of the molecule is O=C(Nc1ccc(O)cc1)N1CCN(c2ccc(F)cc2F)CC1.[HH]. The van der Waals surface area contributed by atoms with Crippen molar-refractivity contribution >= 4 is 17.4 Å². The molecule has 2 N–H and O–H groups in total. The number of piperazine rings is 1. The Morgan fingerprint density at radius 1 is 1.04 bits per heavy atom. The summed E-state index contributed by atoms with van der Waals surface area (Å²) in [5.41, 5.74) is 0.930. The molecule has 7 heteroatoms. The first-order valence-electron chi connectivity index (χ1n) is 7.58. The molecule has 2 amide bonds. The molecule has 0 atom stereocenters. The average molecular weight is 335 g/mol. The molecule has 3 rings (SSSR count). The number of hydrogen-bond acceptors (Lipinski definition) is 3. The first-order valence-corrected chi connectivity index (χ1v) is 7.58. The van der Waals surface area contributed by atoms with Gasteiger partial charge in [-0.05, 0) is 36.4 Å². The van der Waals surface area contributed by atoms with Crippen molar-refractivity contribution in [1.29, 1.82) is 0 Å². The van der Waals surface area contributed by atoms with Gasteiger partial charge in [0.05, 0.1) is 5.69 Å². The molecule has 0 aliphatic carbocycles. The van der Waals surface area contributed by atoms with Crippen molar-refractivity contribution in [2.45, 2.75) is 0 Å². The van der Waals surface area contributed by atoms with Gasteiger partial charge < -0.3 is 20.2 Å². The van der Waals surface area contributed by atoms with Crippen LogP contribution < -0.4 is 10.2 Å². The summed E-state index contributed by atoms with van der Waals surface area (Å²) >= 11 is 0. The van der Waals surface area contributed by atoms with Crippen molar-refractivity contribution in [3.8, 4) is 5.75 Å². The van der Waals surface area contributed by atoms with Gasteiger partial charge in [0.2, 0.25) is 0 Å². The van der Waals surface area contributed by atoms with Crippen LogP contribution in [0.15, 0.2) is 42.5 Å². The zero-order valence-corrected chi connectivity index (χ0v) is 12.9. The van der Waals surface area contributed by atoms with E-state index in [0.717, 1.165) is 6.07 Å². The highest BCUT2D eigenvalue weighted by atomic mass is 19.1. The lowest BCUT2D eigenvalue weighted by Crippen LogP contribution is -2.50. The number of carbonyl (C=O) groups is 1. The van der Waals surface area contributed by atoms with Crippen LogP contribution in [0.5, 0.6) is 5.75 Å². The highest BCUT2D eigenvalue weighted by Crippen LogP contribution is 2.22. The molecule has 0 unspecified atom stereocenters. The summed E-state index contributed by atoms with van der Waals surface area (Å²) in [5, 5.41) is 12.0. The fourth-order valence-corrected chi connectivity index (χ4v) is 2.64. The van der Waals surface area contributed by atoms with E-state index in [2.05, 4.69) is 5.32 Å². The molecule has 0 aromatic heterocycles. The second kappa shape index (κ2) is 6.74. The fraction of sp³-hybridized carbons (Fsp3) is 0.235. The standard InChI is InChI=1S/C17H17F2N3O2.H2/c18-12-1-6-16(15(19)11-12)21-7-9-22(10-8-21)17(24)20-13-2-4-14(23)5-3-13;/h1-6,11,23H,7-10H2,(H,20,24);1H. The minimum absolute atomic E-state index is 0. The van der Waals surface area contributed by atoms with Crippen molar-refractivity contribution in [2.75, 3.05) is 36.4 Å². The molecule has 1 aliphatic heterocycles. The van der Waals surface area contributed by atoms with E-state index in [1.807, 2.05) is 0 Å². The normalized spacial score (nSPS) is 14.6. The van der Waals surface area contributed by atoms with Crippen molar-refractivity contribution in [1.82, 2.24) is 4.90 Å². The van der Waals surface area contributed by atoms with E-state index in [4.69, 9.17) is 0 Å². The molecular formula is C17H19F2N3O2. The lowest BCUT2D eigenvalue weighted by atomic mass is 10.2. The van der Waals surface area contributed by atoms with Gasteiger partial charge in [-0.15, -0.1) is 0 Å². The molecule has 0 spiro atoms. The van der Waals surface area contributed by atoms with Gasteiger partial charge in [-0.3, -0.25) is 0 Å². The molecular weight excluding hydrogens is 316 g/mol. The molecule has 1 heterocycles. The summed E-state index contributed by atoms with van der Waals surface area (Å²) in [4.78, 5) is 15.6. The lowest BCUT2D eigenvalue weighted by Gasteiger charge is -2.36. The summed E-state index contributed by atoms with van der Waals surface area (Å²) < 4.78 is 26.8. The number of hydrogen-bond donors (Lipinski definition) is 2. The Bertz CT molecular complexity index is 735. The van der Waals surface area contributed by atoms with Gasteiger partial charge in [-0.2, -0.15) is 0 Å². The van der Waals surface area contributed by atoms with Gasteiger partial charge in [0.15, 0.2) is 0 Å². The maximum atomic E-state index is 13.8. The molecule has 1 saturated heterocycles. The maximum Gasteiger partial charge on any atom is 0.321 e. The Morgan fingerprint density at radius 3 is 2.33 bits per heavy atom. The van der Waals surface area contributed by atoms with Crippen LogP contribution in [0, 0.1) is 11.6 Å². The molecule has 1 fully saturated rings. The highest BCUT2D eigenvalue weighted by Gasteiger charge is 2.23. The van der Waals surface area contributed by atoms with E-state index in [9.17, 15) is 18.7 Å². The molecule has 0 bridgehead atoms. The van der Waals surface area contributed by atoms with Crippen LogP contribution in [0.4, 0.5) is 25.0 Å². The zero-order chi connectivity index (χ0) is 17.1. The Kier molecular flexibility index (Phi) is 4.50. The van der Waals surface area contributed by atoms with Crippen LogP contribution in [0.3, 0.4) is 0 Å². The second-order valence-electron chi connectivity index (χ2n) is 5.55. The van der Waals surface area contributed by atoms with Gasteiger partial charge in [0, 0.05) is 39.4 Å². The Balaban J connectivity index is 0.00000225. The number of anilines is 2. The number of phenolic OH excluding ortho intramolecular Hbond substituents is 1. The van der Waals surface area contributed by atoms with Gasteiger partial charge in [0.1, 0.15) is 17.4 Å². The maximum absolute atomic E-state index is 13.8. The molecule has 2 aromatic rings. The summed E-state index contributed by atoms with van der Waals surface area (Å²) in [6.45, 7) is 1.79. The predicted octanol–water partition coefficient (Wildman–Crippen LogP) is 3.27. The number of benzene rings is 2. The summed E-state index contributed by atoms with van der Waals surface area (Å²) in [5.74, 6) is -1.08. The molecule has 0 saturated carbocycles. The summed E-state index contributed by atoms with van der Waals surface area (Å²) in [6.07, 6.45) is 0. The number of urea groups is 1. The molecule has 2 aromatic carbocycles. The van der Waals surface area contributed by atoms with Crippen LogP contribution >= 0.6 is 0 Å². The highest BCUT2D eigenvalue weighted by molar-refractivity contribution is 5.89. The largest absolute Gasteiger partial charge is 0.508 e. The zero-order valence-electron chi connectivity index (χ0n) is 12.9. The number of nitrogens with one attached hydrogen (secondary N) is 1. The Morgan fingerprint density at radius 2 is 1.71 bits per heavy atom. The summed E-state index contributed by atoms with van der Waals surface area (Å²) in [7, 11) is 0. The van der Waals surface area contributed by atoms with Crippen molar-refractivity contribution < 1.29 is 20.1 Å². The third kappa shape index (κ3) is 3.56. The summed E-state index contributed by atoms with van der Waals surface area (Å²) in [6, 6.07) is 9.45. The van der Waals surface area contributed by atoms with Gasteiger partial charge in [-0.1, -0.05) is 0 Å². The van der Waals surface area contributed by atoms with Gasteiger partial charge in [0.25, 0.3) is 0 Å². The van der Waals surface area contributed by atoms with Crippen molar-refractivity contribution in [2.24, 2.45) is 0 Å². The van der Waals surface area contributed by atoms with Crippen molar-refractivity contribution in [3.05, 3.63) is 54.1 Å². The van der Waals surface area contributed by atoms with E-state index in [1.54, 1.807) is 21.9 Å². The first kappa shape index (κ1) is 16.0. The van der Waals surface area contributed by atoms with Crippen LogP contribution in [0.25, 0.3) is 0 Å². The fourth-order valence-electron chi connectivity index (χ4n) is 2.64. The van der Waals surface area contributed by atoms with Gasteiger partial charge >= 0.3 is 6.03 Å². The molecule has 5 nitrogen and oxygen atoms in total. The third-order valence-electron chi connectivity index (χ3n) is 3.94. The smallest absolute Gasteiger partial charge is 0.321 e. The van der Waals surface area contributed by atoms with Crippen LogP contribution in [-0.2, 0) is 0 Å². The quantitative estimate of drug-likeness (QED) is 0.828. The van der Waals surface area contributed by atoms with Crippen LogP contribution in [-0.4, -0.2) is 42.2 Å². The number of carbonyl (C=O) groups excluding carboxylic acids is 1. The Hall–Kier alpha value is -2.83. The third-order valence-corrected chi connectivity index (χ3v) is 3.94. The van der Waals surface area contributed by atoms with Crippen LogP contribution in [0.1, 0.15) is 1.43 Å². The topological polar surface area (TPSA) is 55.8 Å². The lowest BCUT2D eigenvalue weighted by molar-refractivity contribution is 0.208. The minimum Gasteiger partial charge on any atom is -0.508 e. The monoisotopic (exact) mass is 335 g/mol. The minimum atomic E-state index is -0.608. The predicted molar refractivity (Wildman–Crippen MR) is 89.4 cm³/mol. The van der Waals surface area contributed by atoms with Gasteiger partial charge in [-0.25, -0.2) is 13.6 Å². The van der Waals surface area contributed by atoms with E-state index < -0.39 is 11.6 Å². The van der Waals surface area contributed by atoms with E-state index in [0.29, 0.717) is 37.6 Å². The van der Waals surface area contributed by atoms with E-state index >= 15 is 0 Å². The molecule has 1 aliphatic rings. The van der Waals surface area contributed by atoms with Crippen LogP contribution in [0.2, 0.25) is 0 Å². The van der Waals surface area contributed by atoms with Crippen molar-refractivity contribution in [3.63, 3.8) is 0 Å². The molecule has 0 radical (unpaired) electrons. The average Bonchev–Trinajstić information content (AvgIpc) is 2.57. The number of nitrogens with zero attached hydrogens (tertiary/aromatic N) is 2. The number of rotatable bonds is 2.